The van der Waals surface area contributed by atoms with Crippen molar-refractivity contribution < 1.29 is 9.53 Å². The van der Waals surface area contributed by atoms with Gasteiger partial charge in [0, 0.05) is 12.2 Å². The molecular weight excluding hydrogens is 366 g/mol. The number of nitrogens with one attached hydrogen (secondary N) is 1. The molecule has 0 atom stereocenters. The number of amides is 1. The van der Waals surface area contributed by atoms with Gasteiger partial charge in [-0.1, -0.05) is 12.1 Å². The van der Waals surface area contributed by atoms with E-state index in [0.717, 1.165) is 69.7 Å². The quantitative estimate of drug-likeness (QED) is 0.825. The van der Waals surface area contributed by atoms with Crippen LogP contribution < -0.4 is 16.0 Å². The maximum Gasteiger partial charge on any atom is 0.278 e. The van der Waals surface area contributed by atoms with Gasteiger partial charge in [0.1, 0.15) is 0 Å². The molecule has 0 bridgehead atoms. The molecule has 0 radical (unpaired) electrons. The molecular formula is C22H29N5O2. The first kappa shape index (κ1) is 18.8. The molecule has 1 aromatic heterocycles. The molecule has 154 valence electrons. The van der Waals surface area contributed by atoms with Gasteiger partial charge in [0.05, 0.1) is 24.4 Å². The van der Waals surface area contributed by atoms with Gasteiger partial charge in [-0.25, -0.2) is 0 Å². The van der Waals surface area contributed by atoms with E-state index in [9.17, 15) is 4.79 Å². The zero-order valence-electron chi connectivity index (χ0n) is 16.8. The molecule has 29 heavy (non-hydrogen) atoms. The van der Waals surface area contributed by atoms with Crippen LogP contribution in [-0.4, -0.2) is 47.5 Å². The third kappa shape index (κ3) is 3.47. The molecule has 3 N–H and O–H groups in total. The zero-order chi connectivity index (χ0) is 19.8. The van der Waals surface area contributed by atoms with Crippen molar-refractivity contribution in [1.29, 1.82) is 0 Å². The summed E-state index contributed by atoms with van der Waals surface area (Å²) in [6, 6.07) is 8.27. The van der Waals surface area contributed by atoms with E-state index in [1.165, 1.54) is 11.1 Å². The number of hydrogen-bond acceptors (Lipinski definition) is 5. The number of carbonyl (C=O) groups excluding carboxylic acids is 1. The Hall–Kier alpha value is -2.22. The Balaban J connectivity index is 1.39. The lowest BCUT2D eigenvalue weighted by molar-refractivity contribution is -0.109. The summed E-state index contributed by atoms with van der Waals surface area (Å²) in [5.74, 6) is -0.0150. The first-order valence-corrected chi connectivity index (χ1v) is 10.7. The average Bonchev–Trinajstić information content (AvgIpc) is 3.16. The lowest BCUT2D eigenvalue weighted by Crippen LogP contribution is -2.49. The van der Waals surface area contributed by atoms with Crippen molar-refractivity contribution >= 4 is 11.6 Å². The number of nitrogens with zero attached hydrogens (tertiary/aromatic N) is 3. The molecule has 1 aromatic carbocycles. The highest BCUT2D eigenvalue weighted by atomic mass is 16.5. The Kier molecular flexibility index (Phi) is 4.89. The second-order valence-electron chi connectivity index (χ2n) is 8.46. The van der Waals surface area contributed by atoms with Crippen molar-refractivity contribution in [3.63, 3.8) is 0 Å². The Labute approximate surface area is 171 Å². The van der Waals surface area contributed by atoms with Gasteiger partial charge in [0.15, 0.2) is 5.69 Å². The SMILES string of the molecule is NCCc1ccc2c(c1)CCCN2C(=O)c1cc2n(n1)CC1(CCNCC1)OC2. The van der Waals surface area contributed by atoms with E-state index in [-0.39, 0.29) is 11.5 Å². The molecule has 5 rings (SSSR count). The fourth-order valence-corrected chi connectivity index (χ4v) is 4.87. The third-order valence-electron chi connectivity index (χ3n) is 6.50. The summed E-state index contributed by atoms with van der Waals surface area (Å²) < 4.78 is 8.23. The van der Waals surface area contributed by atoms with Gasteiger partial charge in [0.25, 0.3) is 5.91 Å². The number of nitrogens with two attached hydrogens (primary N) is 1. The molecule has 0 unspecified atom stereocenters. The van der Waals surface area contributed by atoms with Crippen LogP contribution in [0.3, 0.4) is 0 Å². The van der Waals surface area contributed by atoms with Gasteiger partial charge < -0.3 is 20.7 Å². The topological polar surface area (TPSA) is 85.4 Å². The molecule has 1 saturated heterocycles. The number of piperidine rings is 1. The molecule has 1 amide bonds. The minimum Gasteiger partial charge on any atom is -0.367 e. The number of anilines is 1. The van der Waals surface area contributed by atoms with Crippen LogP contribution in [-0.2, 0) is 30.7 Å². The van der Waals surface area contributed by atoms with Crippen LogP contribution in [0.2, 0.25) is 0 Å². The minimum atomic E-state index is -0.137. The highest BCUT2D eigenvalue weighted by Crippen LogP contribution is 2.33. The van der Waals surface area contributed by atoms with E-state index in [1.54, 1.807) is 0 Å². The maximum absolute atomic E-state index is 13.3. The summed E-state index contributed by atoms with van der Waals surface area (Å²) in [7, 11) is 0. The van der Waals surface area contributed by atoms with Gasteiger partial charge in [-0.3, -0.25) is 9.48 Å². The summed E-state index contributed by atoms with van der Waals surface area (Å²) in [5, 5.41) is 8.09. The highest BCUT2D eigenvalue weighted by molar-refractivity contribution is 6.05. The minimum absolute atomic E-state index is 0.0150. The van der Waals surface area contributed by atoms with E-state index in [1.807, 2.05) is 15.6 Å². The van der Waals surface area contributed by atoms with Crippen LogP contribution in [0.25, 0.3) is 0 Å². The van der Waals surface area contributed by atoms with Crippen molar-refractivity contribution in [3.8, 4) is 0 Å². The van der Waals surface area contributed by atoms with Crippen LogP contribution >= 0.6 is 0 Å². The molecule has 7 heteroatoms. The molecule has 1 fully saturated rings. The fraction of sp³-hybridized carbons (Fsp3) is 0.545. The van der Waals surface area contributed by atoms with Gasteiger partial charge in [0.2, 0.25) is 0 Å². The monoisotopic (exact) mass is 395 g/mol. The van der Waals surface area contributed by atoms with Crippen molar-refractivity contribution in [3.05, 3.63) is 46.8 Å². The van der Waals surface area contributed by atoms with E-state index >= 15 is 0 Å². The van der Waals surface area contributed by atoms with Crippen LogP contribution in [0.1, 0.15) is 46.6 Å². The number of carbonyl (C=O) groups is 1. The Morgan fingerprint density at radius 2 is 2.14 bits per heavy atom. The van der Waals surface area contributed by atoms with Gasteiger partial charge >= 0.3 is 0 Å². The van der Waals surface area contributed by atoms with Crippen LogP contribution in [0.4, 0.5) is 5.69 Å². The Bertz CT molecular complexity index is 916. The lowest BCUT2D eigenvalue weighted by Gasteiger charge is -2.40. The molecule has 0 saturated carbocycles. The summed E-state index contributed by atoms with van der Waals surface area (Å²) >= 11 is 0. The van der Waals surface area contributed by atoms with Crippen LogP contribution in [0.5, 0.6) is 0 Å². The summed E-state index contributed by atoms with van der Waals surface area (Å²) in [4.78, 5) is 15.2. The van der Waals surface area contributed by atoms with Gasteiger partial charge in [-0.15, -0.1) is 0 Å². The first-order chi connectivity index (χ1) is 14.2. The zero-order valence-corrected chi connectivity index (χ0v) is 16.8. The van der Waals surface area contributed by atoms with E-state index in [2.05, 4.69) is 23.5 Å². The van der Waals surface area contributed by atoms with Gasteiger partial charge in [-0.05, 0) is 75.0 Å². The number of hydrogen-bond donors (Lipinski definition) is 2. The van der Waals surface area contributed by atoms with Crippen molar-refractivity contribution in [2.45, 2.75) is 50.9 Å². The van der Waals surface area contributed by atoms with E-state index < -0.39 is 0 Å². The smallest absolute Gasteiger partial charge is 0.278 e. The van der Waals surface area contributed by atoms with E-state index in [0.29, 0.717) is 18.8 Å². The van der Waals surface area contributed by atoms with Crippen molar-refractivity contribution in [2.24, 2.45) is 5.73 Å². The molecule has 1 spiro atoms. The largest absolute Gasteiger partial charge is 0.367 e. The number of aryl methyl sites for hydroxylation is 1. The van der Waals surface area contributed by atoms with Gasteiger partial charge in [-0.2, -0.15) is 5.10 Å². The molecule has 7 nitrogen and oxygen atoms in total. The third-order valence-corrected chi connectivity index (χ3v) is 6.50. The predicted octanol–water partition coefficient (Wildman–Crippen LogP) is 1.63. The Morgan fingerprint density at radius 3 is 2.97 bits per heavy atom. The molecule has 3 aliphatic heterocycles. The average molecular weight is 396 g/mol. The predicted molar refractivity (Wildman–Crippen MR) is 111 cm³/mol. The summed E-state index contributed by atoms with van der Waals surface area (Å²) in [6.07, 6.45) is 4.81. The van der Waals surface area contributed by atoms with Crippen molar-refractivity contribution in [2.75, 3.05) is 31.1 Å². The number of benzene rings is 1. The number of aromatic nitrogens is 2. The fourth-order valence-electron chi connectivity index (χ4n) is 4.87. The second kappa shape index (κ2) is 7.55. The number of ether oxygens (including phenoxy) is 1. The molecule has 4 heterocycles. The Morgan fingerprint density at radius 1 is 1.28 bits per heavy atom. The number of fused-ring (bicyclic) bond motifs is 2. The summed E-state index contributed by atoms with van der Waals surface area (Å²) in [5.41, 5.74) is 10.6. The highest BCUT2D eigenvalue weighted by Gasteiger charge is 2.38. The number of rotatable bonds is 3. The van der Waals surface area contributed by atoms with Crippen LogP contribution in [0, 0.1) is 0 Å². The molecule has 3 aliphatic rings. The lowest BCUT2D eigenvalue weighted by atomic mass is 9.91. The maximum atomic E-state index is 13.3. The second-order valence-corrected chi connectivity index (χ2v) is 8.46. The van der Waals surface area contributed by atoms with E-state index in [4.69, 9.17) is 15.6 Å². The summed E-state index contributed by atoms with van der Waals surface area (Å²) in [6.45, 7) is 4.57. The standard InChI is InChI=1S/C22H29N5O2/c23-8-5-16-3-4-20-17(12-16)2-1-11-26(20)21(28)19-13-18-14-29-22(15-27(18)25-19)6-9-24-10-7-22/h3-4,12-13,24H,1-2,5-11,14-15,23H2. The molecule has 0 aliphatic carbocycles. The van der Waals surface area contributed by atoms with Crippen LogP contribution in [0.15, 0.2) is 24.3 Å². The van der Waals surface area contributed by atoms with Crippen molar-refractivity contribution in [1.82, 2.24) is 15.1 Å². The first-order valence-electron chi connectivity index (χ1n) is 10.7. The molecule has 2 aromatic rings. The normalized spacial score (nSPS) is 20.4.